The standard InChI is InChI=1S/C12H12N2O3S.C5H10O/c1-15-9-4-2-8(3-5-9)7-16-11-6-10(12(13)18)17-14-11;1-5-2-3-6-4-5/h2-6H,7H2,1H3,(H2,13,18);5H,2-4H2,1H3. The van der Waals surface area contributed by atoms with Crippen LogP contribution in [0.2, 0.25) is 0 Å². The van der Waals surface area contributed by atoms with E-state index in [0.29, 0.717) is 18.2 Å². The van der Waals surface area contributed by atoms with E-state index in [0.717, 1.165) is 30.4 Å². The molecule has 2 aromatic rings. The van der Waals surface area contributed by atoms with Crippen LogP contribution >= 0.6 is 12.2 Å². The van der Waals surface area contributed by atoms with Crippen molar-refractivity contribution in [1.29, 1.82) is 0 Å². The Morgan fingerprint density at radius 3 is 2.58 bits per heavy atom. The number of nitrogens with two attached hydrogens (primary N) is 1. The molecule has 6 nitrogen and oxygen atoms in total. The van der Waals surface area contributed by atoms with Gasteiger partial charge >= 0.3 is 0 Å². The van der Waals surface area contributed by atoms with Crippen molar-refractivity contribution < 1.29 is 18.7 Å². The van der Waals surface area contributed by atoms with E-state index in [1.54, 1.807) is 13.2 Å². The fourth-order valence-electron chi connectivity index (χ4n) is 1.97. The van der Waals surface area contributed by atoms with Crippen LogP contribution in [0.25, 0.3) is 0 Å². The molecule has 0 spiro atoms. The monoisotopic (exact) mass is 350 g/mol. The van der Waals surface area contributed by atoms with Crippen LogP contribution in [0, 0.1) is 5.92 Å². The first kappa shape index (κ1) is 18.2. The highest BCUT2D eigenvalue weighted by molar-refractivity contribution is 7.80. The lowest BCUT2D eigenvalue weighted by Crippen LogP contribution is -2.07. The second kappa shape index (κ2) is 9.24. The van der Waals surface area contributed by atoms with Crippen LogP contribution in [-0.2, 0) is 11.3 Å². The number of benzene rings is 1. The van der Waals surface area contributed by atoms with E-state index in [-0.39, 0.29) is 4.99 Å². The quantitative estimate of drug-likeness (QED) is 0.830. The first-order valence-electron chi connectivity index (χ1n) is 7.68. The minimum absolute atomic E-state index is 0.154. The lowest BCUT2D eigenvalue weighted by atomic mass is 10.2. The highest BCUT2D eigenvalue weighted by atomic mass is 32.1. The molecule has 1 aromatic heterocycles. The number of rotatable bonds is 5. The van der Waals surface area contributed by atoms with Gasteiger partial charge in [-0.05, 0) is 35.2 Å². The third kappa shape index (κ3) is 5.82. The molecule has 1 unspecified atom stereocenters. The minimum atomic E-state index is 0.154. The van der Waals surface area contributed by atoms with E-state index in [1.807, 2.05) is 24.3 Å². The van der Waals surface area contributed by atoms with Gasteiger partial charge in [0.2, 0.25) is 0 Å². The Bertz CT molecular complexity index is 636. The Morgan fingerprint density at radius 2 is 2.12 bits per heavy atom. The summed E-state index contributed by atoms with van der Waals surface area (Å²) in [4.78, 5) is 0.154. The predicted octanol–water partition coefficient (Wildman–Crippen LogP) is 2.94. The number of hydrogen-bond acceptors (Lipinski definition) is 6. The molecule has 1 aromatic carbocycles. The molecule has 1 aliphatic heterocycles. The molecule has 1 fully saturated rings. The first-order valence-corrected chi connectivity index (χ1v) is 8.09. The maximum atomic E-state index is 5.44. The molecule has 7 heteroatoms. The largest absolute Gasteiger partial charge is 0.497 e. The van der Waals surface area contributed by atoms with E-state index >= 15 is 0 Å². The topological polar surface area (TPSA) is 79.7 Å². The van der Waals surface area contributed by atoms with Gasteiger partial charge in [-0.3, -0.25) is 0 Å². The van der Waals surface area contributed by atoms with Gasteiger partial charge in [0.15, 0.2) is 5.76 Å². The summed E-state index contributed by atoms with van der Waals surface area (Å²) in [6, 6.07) is 9.11. The van der Waals surface area contributed by atoms with Gasteiger partial charge in [0, 0.05) is 13.2 Å². The molecule has 3 rings (SSSR count). The Hall–Kier alpha value is -2.12. The van der Waals surface area contributed by atoms with E-state index in [9.17, 15) is 0 Å². The van der Waals surface area contributed by atoms with Crippen LogP contribution in [-0.4, -0.2) is 30.5 Å². The summed E-state index contributed by atoms with van der Waals surface area (Å²) in [6.07, 6.45) is 1.26. The van der Waals surface area contributed by atoms with Gasteiger partial charge < -0.3 is 24.5 Å². The summed E-state index contributed by atoms with van der Waals surface area (Å²) in [5.74, 6) is 2.32. The molecule has 2 heterocycles. The van der Waals surface area contributed by atoms with Crippen molar-refractivity contribution in [3.05, 3.63) is 41.7 Å². The van der Waals surface area contributed by atoms with Gasteiger partial charge in [0.25, 0.3) is 5.88 Å². The number of aromatic nitrogens is 1. The summed E-state index contributed by atoms with van der Waals surface area (Å²) in [7, 11) is 1.62. The van der Waals surface area contributed by atoms with Crippen molar-refractivity contribution in [2.24, 2.45) is 11.7 Å². The van der Waals surface area contributed by atoms with Crippen LogP contribution in [0.15, 0.2) is 34.9 Å². The van der Waals surface area contributed by atoms with E-state index in [1.165, 1.54) is 6.42 Å². The van der Waals surface area contributed by atoms with Crippen LogP contribution < -0.4 is 15.2 Å². The molecular formula is C17H22N2O4S. The molecule has 2 N–H and O–H groups in total. The maximum Gasteiger partial charge on any atom is 0.255 e. The zero-order chi connectivity index (χ0) is 17.4. The molecule has 0 bridgehead atoms. The van der Waals surface area contributed by atoms with Crippen molar-refractivity contribution in [2.75, 3.05) is 20.3 Å². The maximum absolute atomic E-state index is 5.44. The van der Waals surface area contributed by atoms with E-state index in [2.05, 4.69) is 12.1 Å². The first-order chi connectivity index (χ1) is 11.6. The Kier molecular flexibility index (Phi) is 7.02. The zero-order valence-corrected chi connectivity index (χ0v) is 14.7. The number of hydrogen-bond donors (Lipinski definition) is 1. The number of methoxy groups -OCH3 is 1. The fourth-order valence-corrected chi connectivity index (χ4v) is 2.07. The highest BCUT2D eigenvalue weighted by Gasteiger charge is 2.08. The second-order valence-corrected chi connectivity index (χ2v) is 5.94. The molecular weight excluding hydrogens is 328 g/mol. The van der Waals surface area contributed by atoms with Gasteiger partial charge in [-0.25, -0.2) is 0 Å². The number of ether oxygens (including phenoxy) is 3. The van der Waals surface area contributed by atoms with E-state index in [4.69, 9.17) is 36.7 Å². The van der Waals surface area contributed by atoms with Crippen LogP contribution in [0.5, 0.6) is 11.6 Å². The zero-order valence-electron chi connectivity index (χ0n) is 13.9. The van der Waals surface area contributed by atoms with Crippen molar-refractivity contribution in [3.8, 4) is 11.6 Å². The summed E-state index contributed by atoms with van der Waals surface area (Å²) in [5.41, 5.74) is 6.39. The van der Waals surface area contributed by atoms with Crippen LogP contribution in [0.3, 0.4) is 0 Å². The van der Waals surface area contributed by atoms with Gasteiger partial charge in [-0.2, -0.15) is 0 Å². The Morgan fingerprint density at radius 1 is 1.38 bits per heavy atom. The minimum Gasteiger partial charge on any atom is -0.497 e. The highest BCUT2D eigenvalue weighted by Crippen LogP contribution is 2.15. The van der Waals surface area contributed by atoms with Gasteiger partial charge in [0.05, 0.1) is 13.2 Å². The summed E-state index contributed by atoms with van der Waals surface area (Å²) < 4.78 is 20.4. The normalized spacial score (nSPS) is 16.2. The third-order valence-electron chi connectivity index (χ3n) is 3.43. The average molecular weight is 350 g/mol. The lowest BCUT2D eigenvalue weighted by molar-refractivity contribution is 0.188. The third-order valence-corrected chi connectivity index (χ3v) is 3.64. The lowest BCUT2D eigenvalue weighted by Gasteiger charge is -2.03. The van der Waals surface area contributed by atoms with Crippen LogP contribution in [0.4, 0.5) is 0 Å². The van der Waals surface area contributed by atoms with Gasteiger partial charge in [-0.1, -0.05) is 31.3 Å². The number of thiocarbonyl (C=S) groups is 1. The van der Waals surface area contributed by atoms with Gasteiger partial charge in [0.1, 0.15) is 17.3 Å². The molecule has 24 heavy (non-hydrogen) atoms. The van der Waals surface area contributed by atoms with Crippen molar-refractivity contribution in [1.82, 2.24) is 5.16 Å². The predicted molar refractivity (Wildman–Crippen MR) is 94.3 cm³/mol. The molecule has 0 aliphatic carbocycles. The Balaban J connectivity index is 0.000000292. The molecule has 130 valence electrons. The fraction of sp³-hybridized carbons (Fsp3) is 0.412. The van der Waals surface area contributed by atoms with Gasteiger partial charge in [-0.15, -0.1) is 0 Å². The second-order valence-electron chi connectivity index (χ2n) is 5.50. The molecule has 0 saturated carbocycles. The molecule has 1 atom stereocenters. The number of nitrogens with zero attached hydrogens (tertiary/aromatic N) is 1. The van der Waals surface area contributed by atoms with Crippen molar-refractivity contribution in [2.45, 2.75) is 20.0 Å². The van der Waals surface area contributed by atoms with Crippen molar-refractivity contribution in [3.63, 3.8) is 0 Å². The molecule has 1 saturated heterocycles. The summed E-state index contributed by atoms with van der Waals surface area (Å²) in [6.45, 7) is 4.57. The summed E-state index contributed by atoms with van der Waals surface area (Å²) in [5, 5.41) is 3.70. The SMILES string of the molecule is CC1CCOC1.COc1ccc(COc2cc(C(N)=S)on2)cc1. The Labute approximate surface area is 146 Å². The van der Waals surface area contributed by atoms with Crippen molar-refractivity contribution >= 4 is 17.2 Å². The van der Waals surface area contributed by atoms with Crippen LogP contribution in [0.1, 0.15) is 24.7 Å². The summed E-state index contributed by atoms with van der Waals surface area (Å²) >= 11 is 4.76. The van der Waals surface area contributed by atoms with E-state index < -0.39 is 0 Å². The molecule has 0 radical (unpaired) electrons. The molecule has 0 amide bonds. The average Bonchev–Trinajstić information content (AvgIpc) is 3.25. The smallest absolute Gasteiger partial charge is 0.255 e. The molecule has 1 aliphatic rings.